The molecule has 0 unspecified atom stereocenters. The highest BCUT2D eigenvalue weighted by atomic mass is 16.5. The molecule has 4 N–H and O–H groups in total. The summed E-state index contributed by atoms with van der Waals surface area (Å²) in [5, 5.41) is 23.8. The summed E-state index contributed by atoms with van der Waals surface area (Å²) >= 11 is 0. The van der Waals surface area contributed by atoms with E-state index in [1.807, 2.05) is 37.3 Å². The number of phenolic OH excluding ortho intramolecular Hbond substituents is 1. The number of carbonyl (C=O) groups excluding carboxylic acids is 2. The number of nitrogens with one attached hydrogen (secondary N) is 2. The predicted octanol–water partition coefficient (Wildman–Crippen LogP) is 2.60. The number of carbonyl (C=O) groups is 3. The van der Waals surface area contributed by atoms with E-state index in [0.717, 1.165) is 5.56 Å². The molecule has 0 saturated heterocycles. The quantitative estimate of drug-likeness (QED) is 0.474. The van der Waals surface area contributed by atoms with Crippen molar-refractivity contribution in [2.24, 2.45) is 0 Å². The first-order valence-electron chi connectivity index (χ1n) is 9.67. The predicted molar refractivity (Wildman–Crippen MR) is 110 cm³/mol. The molecule has 0 radical (unpaired) electrons. The molecule has 0 aliphatic rings. The summed E-state index contributed by atoms with van der Waals surface area (Å²) in [6, 6.07) is 13.1. The fourth-order valence-corrected chi connectivity index (χ4v) is 2.80. The zero-order valence-electron chi connectivity index (χ0n) is 16.7. The van der Waals surface area contributed by atoms with E-state index in [1.54, 1.807) is 12.1 Å². The molecular weight excluding hydrogens is 388 g/mol. The van der Waals surface area contributed by atoms with Crippen molar-refractivity contribution in [3.8, 4) is 5.75 Å². The van der Waals surface area contributed by atoms with E-state index in [1.165, 1.54) is 12.1 Å². The van der Waals surface area contributed by atoms with Gasteiger partial charge >= 0.3 is 12.1 Å². The van der Waals surface area contributed by atoms with Crippen LogP contribution in [0.5, 0.6) is 5.75 Å². The van der Waals surface area contributed by atoms with Gasteiger partial charge in [0.1, 0.15) is 24.4 Å². The number of aliphatic carboxylic acids is 1. The van der Waals surface area contributed by atoms with Gasteiger partial charge in [0.2, 0.25) is 5.91 Å². The highest BCUT2D eigenvalue weighted by Crippen LogP contribution is 2.12. The van der Waals surface area contributed by atoms with Crippen LogP contribution in [0, 0.1) is 0 Å². The van der Waals surface area contributed by atoms with Crippen LogP contribution in [0.3, 0.4) is 0 Å². The lowest BCUT2D eigenvalue weighted by Crippen LogP contribution is -2.52. The second-order valence-corrected chi connectivity index (χ2v) is 6.82. The van der Waals surface area contributed by atoms with Crippen molar-refractivity contribution in [2.45, 2.75) is 44.9 Å². The summed E-state index contributed by atoms with van der Waals surface area (Å²) in [7, 11) is 0. The van der Waals surface area contributed by atoms with Crippen LogP contribution in [0.4, 0.5) is 4.79 Å². The highest BCUT2D eigenvalue weighted by molar-refractivity contribution is 5.89. The van der Waals surface area contributed by atoms with Crippen molar-refractivity contribution in [3.05, 3.63) is 65.7 Å². The van der Waals surface area contributed by atoms with Gasteiger partial charge in [0.05, 0.1) is 0 Å². The van der Waals surface area contributed by atoms with Gasteiger partial charge < -0.3 is 25.6 Å². The average molecular weight is 414 g/mol. The lowest BCUT2D eigenvalue weighted by Gasteiger charge is -2.21. The maximum Gasteiger partial charge on any atom is 0.408 e. The zero-order valence-corrected chi connectivity index (χ0v) is 16.7. The molecule has 0 saturated carbocycles. The first-order valence-corrected chi connectivity index (χ1v) is 9.67. The normalized spacial score (nSPS) is 12.4. The average Bonchev–Trinajstić information content (AvgIpc) is 2.73. The van der Waals surface area contributed by atoms with Crippen LogP contribution in [0.2, 0.25) is 0 Å². The van der Waals surface area contributed by atoms with E-state index in [-0.39, 0.29) is 18.8 Å². The molecule has 0 aliphatic carbocycles. The summed E-state index contributed by atoms with van der Waals surface area (Å²) in [4.78, 5) is 36.3. The molecule has 0 bridgehead atoms. The van der Waals surface area contributed by atoms with Crippen LogP contribution in [0.25, 0.3) is 0 Å². The minimum atomic E-state index is -1.20. The fraction of sp³-hybridized carbons (Fsp3) is 0.318. The molecule has 2 aromatic rings. The van der Waals surface area contributed by atoms with Gasteiger partial charge in [0.15, 0.2) is 0 Å². The standard InChI is InChI=1S/C22H26N2O6/c1-2-6-18(24-22(29)30-14-16-7-4-3-5-8-16)20(26)23-19(21(27)28)13-15-9-11-17(25)12-10-15/h3-5,7-12,18-19,25H,2,6,13-14H2,1H3,(H,23,26)(H,24,29)(H,27,28)/t18-,19+/m1/s1. The van der Waals surface area contributed by atoms with Crippen LogP contribution >= 0.6 is 0 Å². The molecular formula is C22H26N2O6. The molecule has 160 valence electrons. The lowest BCUT2D eigenvalue weighted by atomic mass is 10.0. The number of carboxylic acid groups (broad SMARTS) is 1. The maximum absolute atomic E-state index is 12.6. The second-order valence-electron chi connectivity index (χ2n) is 6.82. The Morgan fingerprint density at radius 2 is 1.60 bits per heavy atom. The molecule has 2 rings (SSSR count). The van der Waals surface area contributed by atoms with E-state index in [4.69, 9.17) is 4.74 Å². The van der Waals surface area contributed by atoms with Gasteiger partial charge in [-0.05, 0) is 29.7 Å². The minimum Gasteiger partial charge on any atom is -0.508 e. The van der Waals surface area contributed by atoms with Crippen LogP contribution in [0.15, 0.2) is 54.6 Å². The van der Waals surface area contributed by atoms with Crippen LogP contribution in [0.1, 0.15) is 30.9 Å². The van der Waals surface area contributed by atoms with Crippen LogP contribution in [-0.4, -0.2) is 40.3 Å². The molecule has 8 nitrogen and oxygen atoms in total. The second kappa shape index (κ2) is 11.5. The monoisotopic (exact) mass is 414 g/mol. The molecule has 0 aliphatic heterocycles. The van der Waals surface area contributed by atoms with Crippen LogP contribution in [-0.2, 0) is 27.4 Å². The Morgan fingerprint density at radius 3 is 2.20 bits per heavy atom. The third-order valence-electron chi connectivity index (χ3n) is 4.39. The van der Waals surface area contributed by atoms with Crippen molar-refractivity contribution < 1.29 is 29.3 Å². The molecule has 0 fully saturated rings. The Hall–Kier alpha value is -3.55. The molecule has 2 aromatic carbocycles. The zero-order chi connectivity index (χ0) is 21.9. The maximum atomic E-state index is 12.6. The molecule has 8 heteroatoms. The number of phenols is 1. The van der Waals surface area contributed by atoms with Gasteiger partial charge in [0, 0.05) is 6.42 Å². The Labute approximate surface area is 174 Å². The largest absolute Gasteiger partial charge is 0.508 e. The SMILES string of the molecule is CCC[C@@H](NC(=O)OCc1ccccc1)C(=O)N[C@@H](Cc1ccc(O)cc1)C(=O)O. The van der Waals surface area contributed by atoms with Crippen molar-refractivity contribution in [1.29, 1.82) is 0 Å². The van der Waals surface area contributed by atoms with Gasteiger partial charge in [-0.3, -0.25) is 4.79 Å². The third kappa shape index (κ3) is 7.46. The number of carboxylic acids is 1. The fourth-order valence-electron chi connectivity index (χ4n) is 2.80. The number of rotatable bonds is 10. The van der Waals surface area contributed by atoms with Crippen molar-refractivity contribution in [1.82, 2.24) is 10.6 Å². The van der Waals surface area contributed by atoms with E-state index in [9.17, 15) is 24.6 Å². The molecule has 30 heavy (non-hydrogen) atoms. The number of ether oxygens (including phenoxy) is 1. The minimum absolute atomic E-state index is 0.0403. The Bertz CT molecular complexity index is 838. The van der Waals surface area contributed by atoms with E-state index in [2.05, 4.69) is 10.6 Å². The number of hydrogen-bond acceptors (Lipinski definition) is 5. The van der Waals surface area contributed by atoms with E-state index in [0.29, 0.717) is 18.4 Å². The summed E-state index contributed by atoms with van der Waals surface area (Å²) in [6.45, 7) is 1.91. The summed E-state index contributed by atoms with van der Waals surface area (Å²) in [5.41, 5.74) is 1.45. The van der Waals surface area contributed by atoms with Gasteiger partial charge in [-0.1, -0.05) is 55.8 Å². The Morgan fingerprint density at radius 1 is 0.933 bits per heavy atom. The van der Waals surface area contributed by atoms with E-state index < -0.39 is 30.1 Å². The molecule has 2 amide bonds. The van der Waals surface area contributed by atoms with Gasteiger partial charge in [-0.25, -0.2) is 9.59 Å². The lowest BCUT2D eigenvalue weighted by molar-refractivity contribution is -0.142. The number of hydrogen-bond donors (Lipinski definition) is 4. The summed E-state index contributed by atoms with van der Waals surface area (Å²) < 4.78 is 5.14. The molecule has 0 heterocycles. The summed E-state index contributed by atoms with van der Waals surface area (Å²) in [6.07, 6.45) is 0.223. The molecule has 2 atom stereocenters. The third-order valence-corrected chi connectivity index (χ3v) is 4.39. The van der Waals surface area contributed by atoms with Crippen molar-refractivity contribution in [3.63, 3.8) is 0 Å². The number of aromatic hydroxyl groups is 1. The topological polar surface area (TPSA) is 125 Å². The van der Waals surface area contributed by atoms with E-state index >= 15 is 0 Å². The summed E-state index contributed by atoms with van der Waals surface area (Å²) in [5.74, 6) is -1.73. The number of amides is 2. The number of alkyl carbamates (subject to hydrolysis) is 1. The van der Waals surface area contributed by atoms with Crippen molar-refractivity contribution in [2.75, 3.05) is 0 Å². The van der Waals surface area contributed by atoms with Gasteiger partial charge in [-0.15, -0.1) is 0 Å². The molecule has 0 spiro atoms. The molecule has 0 aromatic heterocycles. The first kappa shape index (κ1) is 22.7. The smallest absolute Gasteiger partial charge is 0.408 e. The highest BCUT2D eigenvalue weighted by Gasteiger charge is 2.26. The Balaban J connectivity index is 1.95. The Kier molecular flexibility index (Phi) is 8.68. The van der Waals surface area contributed by atoms with Crippen molar-refractivity contribution >= 4 is 18.0 Å². The first-order chi connectivity index (χ1) is 14.4. The van der Waals surface area contributed by atoms with Gasteiger partial charge in [0.25, 0.3) is 0 Å². The van der Waals surface area contributed by atoms with Crippen LogP contribution < -0.4 is 10.6 Å². The van der Waals surface area contributed by atoms with Gasteiger partial charge in [-0.2, -0.15) is 0 Å². The number of benzene rings is 2.